The van der Waals surface area contributed by atoms with E-state index in [9.17, 15) is 9.59 Å². The number of amides is 2. The molecule has 1 aliphatic carbocycles. The highest BCUT2D eigenvalue weighted by Crippen LogP contribution is 2.50. The molecule has 1 atom stereocenters. The Bertz CT molecular complexity index is 1340. The third kappa shape index (κ3) is 4.90. The smallest absolute Gasteiger partial charge is 0.319 e. The molecule has 0 unspecified atom stereocenters. The second-order valence-electron chi connectivity index (χ2n) is 8.25. The first-order valence-electron chi connectivity index (χ1n) is 11.4. The molecule has 0 aromatic heterocycles. The summed E-state index contributed by atoms with van der Waals surface area (Å²) in [6, 6.07) is 13.1. The zero-order chi connectivity index (χ0) is 25.8. The van der Waals surface area contributed by atoms with E-state index in [1.165, 1.54) is 0 Å². The lowest BCUT2D eigenvalue weighted by atomic mass is 9.95. The van der Waals surface area contributed by atoms with E-state index >= 15 is 0 Å². The maximum absolute atomic E-state index is 13.0. The Balaban J connectivity index is 1.85. The number of ether oxygens (including phenoxy) is 3. The summed E-state index contributed by atoms with van der Waals surface area (Å²) in [6.45, 7) is 0. The fourth-order valence-corrected chi connectivity index (χ4v) is 4.65. The number of nitrogens with one attached hydrogen (secondary N) is 3. The molecule has 0 bridgehead atoms. The zero-order valence-corrected chi connectivity index (χ0v) is 21.3. The molecule has 9 heteroatoms. The van der Waals surface area contributed by atoms with Crippen molar-refractivity contribution in [2.24, 2.45) is 0 Å². The van der Waals surface area contributed by atoms with Crippen LogP contribution in [0.15, 0.2) is 53.3 Å². The van der Waals surface area contributed by atoms with Gasteiger partial charge in [0, 0.05) is 23.3 Å². The summed E-state index contributed by atoms with van der Waals surface area (Å²) < 4.78 is 17.0. The number of urea groups is 1. The van der Waals surface area contributed by atoms with Crippen molar-refractivity contribution in [1.29, 1.82) is 0 Å². The minimum Gasteiger partial charge on any atom is -0.493 e. The number of hydrogen-bond donors (Lipinski definition) is 3. The highest BCUT2D eigenvalue weighted by Gasteiger charge is 2.29. The molecule has 2 amide bonds. The Morgan fingerprint density at radius 3 is 2.33 bits per heavy atom. The number of benzene rings is 2. The molecular formula is C27H28ClN3O5. The van der Waals surface area contributed by atoms with Crippen molar-refractivity contribution in [3.63, 3.8) is 0 Å². The number of fused-ring (bicyclic) bond motifs is 3. The zero-order valence-electron chi connectivity index (χ0n) is 20.5. The fraction of sp³-hybridized carbons (Fsp3) is 0.259. The second kappa shape index (κ2) is 10.8. The number of anilines is 2. The number of methoxy groups -OCH3 is 3. The number of hydrogen-bond acceptors (Lipinski definition) is 6. The van der Waals surface area contributed by atoms with Crippen LogP contribution >= 0.6 is 11.6 Å². The first-order chi connectivity index (χ1) is 17.4. The van der Waals surface area contributed by atoms with E-state index in [1.807, 2.05) is 12.1 Å². The molecule has 8 nitrogen and oxygen atoms in total. The Morgan fingerprint density at radius 2 is 1.69 bits per heavy atom. The molecular weight excluding hydrogens is 482 g/mol. The van der Waals surface area contributed by atoms with Gasteiger partial charge in [-0.3, -0.25) is 4.79 Å². The monoisotopic (exact) mass is 509 g/mol. The van der Waals surface area contributed by atoms with E-state index < -0.39 is 12.1 Å². The SMILES string of the molecule is CNc1ccc2c(cc1=O)[C@@H](NC(=O)Nc1ccc(Cl)cc1)CCc1cc(OC)c(OC)c(OC)c1-2. The third-order valence-electron chi connectivity index (χ3n) is 6.22. The van der Waals surface area contributed by atoms with Gasteiger partial charge < -0.3 is 30.2 Å². The summed E-state index contributed by atoms with van der Waals surface area (Å²) in [4.78, 5) is 26.0. The van der Waals surface area contributed by atoms with Crippen molar-refractivity contribution in [3.8, 4) is 28.4 Å². The van der Waals surface area contributed by atoms with Gasteiger partial charge in [0.1, 0.15) is 0 Å². The Kier molecular flexibility index (Phi) is 7.55. The van der Waals surface area contributed by atoms with E-state index in [1.54, 1.807) is 64.8 Å². The molecule has 0 radical (unpaired) electrons. The van der Waals surface area contributed by atoms with Gasteiger partial charge in [-0.25, -0.2) is 4.79 Å². The standard InChI is InChI=1S/C27H28ClN3O5/c1-29-21-12-10-18-19(14-22(21)32)20(31-27(33)30-17-8-6-16(28)7-9-17)11-5-15-13-23(34-2)25(35-3)26(36-4)24(15)18/h6-10,12-14,20H,5,11H2,1-4H3,(H,29,32)(H2,30,31,33)/t20-/m0/s1. The normalized spacial score (nSPS) is 14.0. The lowest BCUT2D eigenvalue weighted by Gasteiger charge is -2.20. The first-order valence-corrected chi connectivity index (χ1v) is 11.8. The molecule has 36 heavy (non-hydrogen) atoms. The number of rotatable bonds is 6. The van der Waals surface area contributed by atoms with Crippen LogP contribution in [0.2, 0.25) is 5.02 Å². The van der Waals surface area contributed by atoms with Crippen LogP contribution in [0.1, 0.15) is 23.6 Å². The summed E-state index contributed by atoms with van der Waals surface area (Å²) in [7, 11) is 6.39. The Morgan fingerprint density at radius 1 is 0.972 bits per heavy atom. The van der Waals surface area contributed by atoms with Crippen LogP contribution in [-0.4, -0.2) is 34.4 Å². The van der Waals surface area contributed by atoms with Gasteiger partial charge in [0.2, 0.25) is 11.2 Å². The highest BCUT2D eigenvalue weighted by molar-refractivity contribution is 6.30. The van der Waals surface area contributed by atoms with Crippen molar-refractivity contribution in [3.05, 3.63) is 74.9 Å². The van der Waals surface area contributed by atoms with Crippen LogP contribution in [0.3, 0.4) is 0 Å². The van der Waals surface area contributed by atoms with E-state index in [2.05, 4.69) is 16.0 Å². The number of carbonyl (C=O) groups is 1. The number of aryl methyl sites for hydroxylation is 1. The van der Waals surface area contributed by atoms with Gasteiger partial charge in [-0.05, 0) is 72.0 Å². The quantitative estimate of drug-likeness (QED) is 0.420. The van der Waals surface area contributed by atoms with Gasteiger partial charge in [0.05, 0.1) is 33.1 Å². The molecule has 1 aliphatic rings. The van der Waals surface area contributed by atoms with E-state index in [0.717, 1.165) is 16.7 Å². The van der Waals surface area contributed by atoms with Crippen LogP contribution in [0.25, 0.3) is 11.1 Å². The van der Waals surface area contributed by atoms with Crippen LogP contribution < -0.4 is 35.6 Å². The molecule has 3 aromatic rings. The van der Waals surface area contributed by atoms with Crippen molar-refractivity contribution >= 4 is 29.0 Å². The first kappa shape index (κ1) is 25.2. The Hall–Kier alpha value is -3.91. The van der Waals surface area contributed by atoms with E-state index in [0.29, 0.717) is 52.1 Å². The lowest BCUT2D eigenvalue weighted by Crippen LogP contribution is -2.33. The van der Waals surface area contributed by atoms with Gasteiger partial charge >= 0.3 is 6.03 Å². The molecule has 0 heterocycles. The van der Waals surface area contributed by atoms with E-state index in [-0.39, 0.29) is 5.43 Å². The number of halogens is 1. The Labute approximate surface area is 214 Å². The van der Waals surface area contributed by atoms with Crippen LogP contribution in [0, 0.1) is 0 Å². The molecule has 0 aliphatic heterocycles. The minimum absolute atomic E-state index is 0.188. The molecule has 0 spiro atoms. The predicted octanol–water partition coefficient (Wildman–Crippen LogP) is 5.24. The average Bonchev–Trinajstić information content (AvgIpc) is 3.12. The molecule has 3 aromatic carbocycles. The van der Waals surface area contributed by atoms with Crippen molar-refractivity contribution < 1.29 is 19.0 Å². The molecule has 0 saturated heterocycles. The van der Waals surface area contributed by atoms with E-state index in [4.69, 9.17) is 25.8 Å². The lowest BCUT2D eigenvalue weighted by molar-refractivity contribution is 0.248. The van der Waals surface area contributed by atoms with Crippen LogP contribution in [0.5, 0.6) is 17.2 Å². The second-order valence-corrected chi connectivity index (χ2v) is 8.69. The van der Waals surface area contributed by atoms with Crippen LogP contribution in [-0.2, 0) is 6.42 Å². The largest absolute Gasteiger partial charge is 0.493 e. The van der Waals surface area contributed by atoms with Crippen molar-refractivity contribution in [2.75, 3.05) is 39.0 Å². The third-order valence-corrected chi connectivity index (χ3v) is 6.47. The fourth-order valence-electron chi connectivity index (χ4n) is 4.53. The van der Waals surface area contributed by atoms with Gasteiger partial charge in [-0.1, -0.05) is 17.7 Å². The predicted molar refractivity (Wildman–Crippen MR) is 142 cm³/mol. The van der Waals surface area contributed by atoms with Gasteiger partial charge in [-0.15, -0.1) is 0 Å². The molecule has 4 rings (SSSR count). The van der Waals surface area contributed by atoms with Gasteiger partial charge in [0.25, 0.3) is 0 Å². The topological polar surface area (TPSA) is 97.9 Å². The maximum Gasteiger partial charge on any atom is 0.319 e. The maximum atomic E-state index is 13.0. The molecule has 188 valence electrons. The number of carbonyl (C=O) groups excluding carboxylic acids is 1. The average molecular weight is 510 g/mol. The highest BCUT2D eigenvalue weighted by atomic mass is 35.5. The van der Waals surface area contributed by atoms with Crippen LogP contribution in [0.4, 0.5) is 16.2 Å². The summed E-state index contributed by atoms with van der Waals surface area (Å²) in [5.41, 5.74) is 4.04. The molecule has 0 fully saturated rings. The summed E-state index contributed by atoms with van der Waals surface area (Å²) in [5.74, 6) is 1.51. The molecule has 3 N–H and O–H groups in total. The van der Waals surface area contributed by atoms with Crippen molar-refractivity contribution in [1.82, 2.24) is 5.32 Å². The van der Waals surface area contributed by atoms with Crippen molar-refractivity contribution in [2.45, 2.75) is 18.9 Å². The van der Waals surface area contributed by atoms with Gasteiger partial charge in [-0.2, -0.15) is 0 Å². The summed E-state index contributed by atoms with van der Waals surface area (Å²) in [5, 5.41) is 9.39. The van der Waals surface area contributed by atoms with Gasteiger partial charge in [0.15, 0.2) is 11.5 Å². The minimum atomic E-state index is -0.453. The summed E-state index contributed by atoms with van der Waals surface area (Å²) in [6.07, 6.45) is 1.15. The summed E-state index contributed by atoms with van der Waals surface area (Å²) >= 11 is 5.95. The molecule has 0 saturated carbocycles.